The minimum atomic E-state index is -0.452. The largest absolute Gasteiger partial charge is 0.474 e. The van der Waals surface area contributed by atoms with Crippen molar-refractivity contribution in [2.75, 3.05) is 56.2 Å². The Morgan fingerprint density at radius 1 is 0.945 bits per heavy atom. The molecule has 13 nitrogen and oxygen atoms in total. The van der Waals surface area contributed by atoms with Crippen LogP contribution in [0.25, 0.3) is 0 Å². The third kappa shape index (κ3) is 9.03. The molecule has 13 heteroatoms. The highest BCUT2D eigenvalue weighted by molar-refractivity contribution is 5.77. The van der Waals surface area contributed by atoms with Gasteiger partial charge in [-0.2, -0.15) is 0 Å². The van der Waals surface area contributed by atoms with Crippen molar-refractivity contribution in [1.29, 1.82) is 0 Å². The van der Waals surface area contributed by atoms with Crippen molar-refractivity contribution in [3.05, 3.63) is 30.2 Å². The normalized spacial score (nSPS) is 25.2. The average Bonchev–Trinajstić information content (AvgIpc) is 3.73. The molecule has 0 spiro atoms. The molecule has 2 saturated carbocycles. The van der Waals surface area contributed by atoms with Crippen LogP contribution in [0.1, 0.15) is 117 Å². The number of likely N-dealkylation sites (tertiary alicyclic amines) is 2. The Labute approximate surface area is 327 Å². The summed E-state index contributed by atoms with van der Waals surface area (Å²) in [5, 5.41) is 14.1. The third-order valence-electron chi connectivity index (χ3n) is 12.9. The van der Waals surface area contributed by atoms with E-state index in [0.29, 0.717) is 42.6 Å². The summed E-state index contributed by atoms with van der Waals surface area (Å²) in [6.07, 6.45) is 14.3. The lowest BCUT2D eigenvalue weighted by Crippen LogP contribution is -2.56. The molecule has 0 aromatic carbocycles. The van der Waals surface area contributed by atoms with Crippen LogP contribution in [0.4, 0.5) is 16.3 Å². The van der Waals surface area contributed by atoms with Crippen LogP contribution in [0, 0.1) is 11.8 Å². The molecule has 1 amide bonds. The number of rotatable bonds is 9. The summed E-state index contributed by atoms with van der Waals surface area (Å²) >= 11 is 0. The van der Waals surface area contributed by atoms with Crippen LogP contribution in [0.15, 0.2) is 28.9 Å². The fourth-order valence-electron chi connectivity index (χ4n) is 9.57. The number of esters is 1. The quantitative estimate of drug-likeness (QED) is 0.284. The zero-order valence-corrected chi connectivity index (χ0v) is 34.0. The number of carbonyl (C=O) groups is 2. The number of fused-ring (bicyclic) bond motifs is 2. The molecule has 2 aromatic rings. The number of ether oxygens (including phenoxy) is 3. The molecule has 6 heterocycles. The maximum Gasteiger partial charge on any atom is 0.410 e. The molecule has 2 aliphatic carbocycles. The first-order valence-corrected chi connectivity index (χ1v) is 20.9. The zero-order valence-electron chi connectivity index (χ0n) is 34.0. The van der Waals surface area contributed by atoms with E-state index < -0.39 is 11.5 Å². The summed E-state index contributed by atoms with van der Waals surface area (Å²) in [5.41, 5.74) is 1.09. The molecule has 0 radical (unpaired) electrons. The summed E-state index contributed by atoms with van der Waals surface area (Å²) in [6.45, 7) is 15.2. The first kappa shape index (κ1) is 39.6. The fourth-order valence-corrected chi connectivity index (χ4v) is 9.57. The van der Waals surface area contributed by atoms with Gasteiger partial charge in [0.05, 0.1) is 13.2 Å². The van der Waals surface area contributed by atoms with E-state index in [-0.39, 0.29) is 24.1 Å². The topological polar surface area (TPSA) is 134 Å². The Morgan fingerprint density at radius 2 is 1.62 bits per heavy atom. The number of aliphatic hydroxyl groups is 1. The summed E-state index contributed by atoms with van der Waals surface area (Å²) in [6, 6.07) is 6.70. The van der Waals surface area contributed by atoms with Gasteiger partial charge in [0.2, 0.25) is 5.88 Å². The molecular weight excluding hydrogens is 700 g/mol. The van der Waals surface area contributed by atoms with Crippen molar-refractivity contribution in [3.63, 3.8) is 0 Å². The molecule has 4 aliphatic heterocycles. The first-order chi connectivity index (χ1) is 26.3. The van der Waals surface area contributed by atoms with Crippen molar-refractivity contribution >= 4 is 23.6 Å². The van der Waals surface area contributed by atoms with E-state index in [9.17, 15) is 14.7 Å². The van der Waals surface area contributed by atoms with Crippen LogP contribution in [0.2, 0.25) is 0 Å². The SMILES string of the molecule is CC(C)(C)OC(=O)N1CC2CCC(C1)N2c1ccnc(OC2CCC2)c1.COC(=O)C(c1cc(N2CCC(C3(N4CCC(O)CC4)CC3)CC2)no1)C(C)C. The van der Waals surface area contributed by atoms with Crippen molar-refractivity contribution in [1.82, 2.24) is 19.9 Å². The highest BCUT2D eigenvalue weighted by Crippen LogP contribution is 2.52. The number of aliphatic hydroxyl groups excluding tert-OH is 1. The summed E-state index contributed by atoms with van der Waals surface area (Å²) in [4.78, 5) is 38.2. The van der Waals surface area contributed by atoms with Gasteiger partial charge in [-0.25, -0.2) is 9.78 Å². The minimum Gasteiger partial charge on any atom is -0.474 e. The molecular formula is C42H64N6O7. The van der Waals surface area contributed by atoms with Gasteiger partial charge in [0, 0.05) is 80.9 Å². The Morgan fingerprint density at radius 3 is 2.18 bits per heavy atom. The predicted molar refractivity (Wildman–Crippen MR) is 209 cm³/mol. The molecule has 4 saturated heterocycles. The molecule has 2 aromatic heterocycles. The highest BCUT2D eigenvalue weighted by atomic mass is 16.6. The van der Waals surface area contributed by atoms with Crippen LogP contribution >= 0.6 is 0 Å². The second-order valence-electron chi connectivity index (χ2n) is 18.1. The van der Waals surface area contributed by atoms with E-state index in [1.807, 2.05) is 51.8 Å². The van der Waals surface area contributed by atoms with Gasteiger partial charge in [0.1, 0.15) is 17.6 Å². The Bertz CT molecular complexity index is 1590. The number of methoxy groups -OCH3 is 1. The monoisotopic (exact) mass is 764 g/mol. The number of piperazine rings is 1. The zero-order chi connectivity index (χ0) is 38.9. The molecule has 2 bridgehead atoms. The Kier molecular flexibility index (Phi) is 11.9. The second-order valence-corrected chi connectivity index (χ2v) is 18.1. The number of piperidine rings is 2. The molecule has 6 fully saturated rings. The number of aromatic nitrogens is 2. The smallest absolute Gasteiger partial charge is 0.410 e. The van der Waals surface area contributed by atoms with E-state index in [2.05, 4.69) is 37.0 Å². The van der Waals surface area contributed by atoms with Gasteiger partial charge in [0.25, 0.3) is 0 Å². The second kappa shape index (κ2) is 16.5. The van der Waals surface area contributed by atoms with Crippen molar-refractivity contribution in [2.24, 2.45) is 11.8 Å². The number of hydrogen-bond donors (Lipinski definition) is 1. The van der Waals surface area contributed by atoms with E-state index in [4.69, 9.17) is 18.7 Å². The van der Waals surface area contributed by atoms with E-state index in [1.165, 1.54) is 26.4 Å². The Hall–Kier alpha value is -3.58. The highest BCUT2D eigenvalue weighted by Gasteiger charge is 2.54. The summed E-state index contributed by atoms with van der Waals surface area (Å²) in [7, 11) is 1.41. The van der Waals surface area contributed by atoms with Crippen molar-refractivity contribution in [2.45, 2.75) is 147 Å². The lowest BCUT2D eigenvalue weighted by molar-refractivity contribution is -0.144. The lowest BCUT2D eigenvalue weighted by Gasteiger charge is -2.44. The third-order valence-corrected chi connectivity index (χ3v) is 12.9. The van der Waals surface area contributed by atoms with Crippen LogP contribution in [0.5, 0.6) is 5.88 Å². The van der Waals surface area contributed by atoms with Crippen molar-refractivity contribution in [3.8, 4) is 5.88 Å². The molecule has 3 unspecified atom stereocenters. The van der Waals surface area contributed by atoms with Gasteiger partial charge in [-0.15, -0.1) is 0 Å². The van der Waals surface area contributed by atoms with Crippen LogP contribution in [0.3, 0.4) is 0 Å². The van der Waals surface area contributed by atoms with Crippen LogP contribution < -0.4 is 14.5 Å². The van der Waals surface area contributed by atoms with E-state index >= 15 is 0 Å². The Balaban J connectivity index is 0.000000170. The van der Waals surface area contributed by atoms with E-state index in [1.54, 1.807) is 0 Å². The molecule has 8 rings (SSSR count). The van der Waals surface area contributed by atoms with Gasteiger partial charge in [-0.1, -0.05) is 19.0 Å². The van der Waals surface area contributed by atoms with Gasteiger partial charge in [-0.3, -0.25) is 9.69 Å². The maximum absolute atomic E-state index is 12.4. The van der Waals surface area contributed by atoms with Gasteiger partial charge >= 0.3 is 12.1 Å². The number of pyridine rings is 1. The molecule has 55 heavy (non-hydrogen) atoms. The summed E-state index contributed by atoms with van der Waals surface area (Å²) in [5.74, 6) is 2.27. The molecule has 3 atom stereocenters. The van der Waals surface area contributed by atoms with E-state index in [0.717, 1.165) is 101 Å². The van der Waals surface area contributed by atoms with Gasteiger partial charge in [-0.05, 0) is 109 Å². The summed E-state index contributed by atoms with van der Waals surface area (Å²) < 4.78 is 22.0. The maximum atomic E-state index is 12.4. The molecule has 1 N–H and O–H groups in total. The first-order valence-electron chi connectivity index (χ1n) is 20.9. The number of hydrogen-bond acceptors (Lipinski definition) is 12. The van der Waals surface area contributed by atoms with Crippen LogP contribution in [-0.2, 0) is 14.3 Å². The van der Waals surface area contributed by atoms with Gasteiger partial charge in [0.15, 0.2) is 11.6 Å². The predicted octanol–water partition coefficient (Wildman–Crippen LogP) is 6.39. The number of amides is 1. The standard InChI is InChI=1S/C22H35N3O4.C20H29N3O3/c1-15(2)20(21(27)28-3)18-14-19(23-29-18)24-10-4-16(5-11-24)22(8-9-22)25-12-6-17(26)7-13-25;1-20(2,3)26-19(24)22-12-15-7-8-16(13-22)23(15)14-9-10-21-18(11-14)25-17-5-4-6-17/h14-17,20,26H,4-13H2,1-3H3;9-11,15-17H,4-8,12-13H2,1-3H3. The number of carbonyl (C=O) groups excluding carboxylic acids is 2. The molecule has 6 aliphatic rings. The van der Waals surface area contributed by atoms with Crippen LogP contribution in [-0.4, -0.2) is 119 Å². The number of anilines is 2. The fraction of sp³-hybridized carbons (Fsp3) is 0.762. The van der Waals surface area contributed by atoms with Crippen molar-refractivity contribution < 1.29 is 33.4 Å². The molecule has 304 valence electrons. The minimum absolute atomic E-state index is 0.0896. The lowest BCUT2D eigenvalue weighted by atomic mass is 9.85. The number of nitrogens with zero attached hydrogens (tertiary/aromatic N) is 6. The average molecular weight is 765 g/mol. The van der Waals surface area contributed by atoms with Gasteiger partial charge < -0.3 is 38.5 Å².